The fourth-order valence-electron chi connectivity index (χ4n) is 2.38. The summed E-state index contributed by atoms with van der Waals surface area (Å²) < 4.78 is 0. The molecule has 1 aromatic rings. The molecule has 0 amide bonds. The van der Waals surface area contributed by atoms with Gasteiger partial charge in [-0.05, 0) is 31.9 Å². The van der Waals surface area contributed by atoms with E-state index in [4.69, 9.17) is 0 Å². The molecule has 0 N–H and O–H groups in total. The first kappa shape index (κ1) is 11.4. The Morgan fingerprint density at radius 3 is 2.62 bits per heavy atom. The third-order valence-electron chi connectivity index (χ3n) is 3.65. The number of rotatable bonds is 2. The Labute approximate surface area is 98.8 Å². The lowest BCUT2D eigenvalue weighted by molar-refractivity contribution is 0.236. The van der Waals surface area contributed by atoms with Gasteiger partial charge >= 0.3 is 0 Å². The SMILES string of the molecule is CC1=CC(Cc2ccccc2)N(C)CC1C. The Hall–Kier alpha value is -1.08. The Morgan fingerprint density at radius 1 is 1.25 bits per heavy atom. The molecule has 2 unspecified atom stereocenters. The van der Waals surface area contributed by atoms with Crippen molar-refractivity contribution in [3.8, 4) is 0 Å². The summed E-state index contributed by atoms with van der Waals surface area (Å²) in [5, 5.41) is 0. The highest BCUT2D eigenvalue weighted by atomic mass is 15.1. The van der Waals surface area contributed by atoms with Crippen molar-refractivity contribution in [3.05, 3.63) is 47.5 Å². The zero-order valence-corrected chi connectivity index (χ0v) is 10.5. The molecule has 0 aromatic heterocycles. The van der Waals surface area contributed by atoms with Crippen LogP contribution in [-0.2, 0) is 6.42 Å². The first-order valence-electron chi connectivity index (χ1n) is 6.09. The van der Waals surface area contributed by atoms with E-state index in [1.54, 1.807) is 5.57 Å². The largest absolute Gasteiger partial charge is 0.299 e. The van der Waals surface area contributed by atoms with Crippen LogP contribution < -0.4 is 0 Å². The number of hydrogen-bond donors (Lipinski definition) is 0. The van der Waals surface area contributed by atoms with E-state index < -0.39 is 0 Å². The van der Waals surface area contributed by atoms with Gasteiger partial charge in [0.15, 0.2) is 0 Å². The molecule has 86 valence electrons. The van der Waals surface area contributed by atoms with Gasteiger partial charge in [-0.25, -0.2) is 0 Å². The maximum atomic E-state index is 2.46. The zero-order valence-electron chi connectivity index (χ0n) is 10.5. The van der Waals surface area contributed by atoms with Gasteiger partial charge in [0, 0.05) is 12.6 Å². The van der Waals surface area contributed by atoms with E-state index in [0.29, 0.717) is 12.0 Å². The van der Waals surface area contributed by atoms with Gasteiger partial charge in [-0.1, -0.05) is 48.9 Å². The third-order valence-corrected chi connectivity index (χ3v) is 3.65. The zero-order chi connectivity index (χ0) is 11.5. The molecule has 2 atom stereocenters. The van der Waals surface area contributed by atoms with Crippen LogP contribution in [0.1, 0.15) is 19.4 Å². The molecule has 0 saturated heterocycles. The summed E-state index contributed by atoms with van der Waals surface area (Å²) in [6.45, 7) is 5.75. The molecule has 1 aliphatic heterocycles. The molecule has 0 aliphatic carbocycles. The standard InChI is InChI=1S/C15H21N/c1-12-9-15(16(3)11-13(12)2)10-14-7-5-4-6-8-14/h4-9,13,15H,10-11H2,1-3H3. The Balaban J connectivity index is 2.10. The number of nitrogens with zero attached hydrogens (tertiary/aromatic N) is 1. The minimum Gasteiger partial charge on any atom is -0.299 e. The van der Waals surface area contributed by atoms with Crippen molar-refractivity contribution in [2.45, 2.75) is 26.3 Å². The van der Waals surface area contributed by atoms with Crippen LogP contribution in [0.2, 0.25) is 0 Å². The van der Waals surface area contributed by atoms with Gasteiger partial charge in [-0.15, -0.1) is 0 Å². The van der Waals surface area contributed by atoms with Crippen molar-refractivity contribution >= 4 is 0 Å². The fraction of sp³-hybridized carbons (Fsp3) is 0.467. The molecule has 1 aliphatic rings. The van der Waals surface area contributed by atoms with Gasteiger partial charge in [-0.2, -0.15) is 0 Å². The molecule has 1 heteroatoms. The van der Waals surface area contributed by atoms with E-state index >= 15 is 0 Å². The van der Waals surface area contributed by atoms with E-state index in [1.807, 2.05) is 0 Å². The first-order valence-corrected chi connectivity index (χ1v) is 6.09. The van der Waals surface area contributed by atoms with Crippen LogP contribution >= 0.6 is 0 Å². The van der Waals surface area contributed by atoms with Gasteiger partial charge in [0.05, 0.1) is 0 Å². The highest BCUT2D eigenvalue weighted by molar-refractivity contribution is 5.20. The van der Waals surface area contributed by atoms with Gasteiger partial charge in [-0.3, -0.25) is 4.90 Å². The molecule has 2 rings (SSSR count). The molecule has 0 bridgehead atoms. The van der Waals surface area contributed by atoms with Gasteiger partial charge in [0.2, 0.25) is 0 Å². The minimum absolute atomic E-state index is 0.568. The van der Waals surface area contributed by atoms with Crippen LogP contribution in [-0.4, -0.2) is 24.5 Å². The number of benzene rings is 1. The van der Waals surface area contributed by atoms with Crippen molar-refractivity contribution in [3.63, 3.8) is 0 Å². The quantitative estimate of drug-likeness (QED) is 0.685. The Bertz CT molecular complexity index is 366. The number of likely N-dealkylation sites (N-methyl/N-ethyl adjacent to an activating group) is 1. The Kier molecular flexibility index (Phi) is 3.45. The van der Waals surface area contributed by atoms with Crippen LogP contribution in [0.4, 0.5) is 0 Å². The summed E-state index contributed by atoms with van der Waals surface area (Å²) in [7, 11) is 2.23. The van der Waals surface area contributed by atoms with E-state index in [-0.39, 0.29) is 0 Å². The monoisotopic (exact) mass is 215 g/mol. The second-order valence-corrected chi connectivity index (χ2v) is 5.01. The highest BCUT2D eigenvalue weighted by Gasteiger charge is 2.21. The summed E-state index contributed by atoms with van der Waals surface area (Å²) in [5.74, 6) is 0.706. The Morgan fingerprint density at radius 2 is 1.94 bits per heavy atom. The summed E-state index contributed by atoms with van der Waals surface area (Å²) in [5.41, 5.74) is 2.97. The van der Waals surface area contributed by atoms with Crippen molar-refractivity contribution < 1.29 is 0 Å². The van der Waals surface area contributed by atoms with Crippen molar-refractivity contribution in [2.24, 2.45) is 5.92 Å². The van der Waals surface area contributed by atoms with Crippen LogP contribution in [0.15, 0.2) is 42.0 Å². The molecule has 0 fully saturated rings. The molecule has 1 heterocycles. The fourth-order valence-corrected chi connectivity index (χ4v) is 2.38. The van der Waals surface area contributed by atoms with E-state index in [2.05, 4.69) is 62.2 Å². The van der Waals surface area contributed by atoms with Crippen molar-refractivity contribution in [1.82, 2.24) is 4.90 Å². The lowest BCUT2D eigenvalue weighted by atomic mass is 9.92. The summed E-state index contributed by atoms with van der Waals surface area (Å²) in [4.78, 5) is 2.46. The molecule has 1 nitrogen and oxygen atoms in total. The third kappa shape index (κ3) is 2.53. The molecular formula is C15H21N. The van der Waals surface area contributed by atoms with Gasteiger partial charge < -0.3 is 0 Å². The molecule has 16 heavy (non-hydrogen) atoms. The average molecular weight is 215 g/mol. The smallest absolute Gasteiger partial charge is 0.0318 e. The molecule has 0 spiro atoms. The topological polar surface area (TPSA) is 3.24 Å². The minimum atomic E-state index is 0.568. The maximum absolute atomic E-state index is 2.46. The van der Waals surface area contributed by atoms with Crippen molar-refractivity contribution in [2.75, 3.05) is 13.6 Å². The number of hydrogen-bond acceptors (Lipinski definition) is 1. The lowest BCUT2D eigenvalue weighted by Crippen LogP contribution is -2.39. The second-order valence-electron chi connectivity index (χ2n) is 5.01. The predicted molar refractivity (Wildman–Crippen MR) is 69.5 cm³/mol. The average Bonchev–Trinajstić information content (AvgIpc) is 2.27. The summed E-state index contributed by atoms with van der Waals surface area (Å²) in [6, 6.07) is 11.3. The first-order chi connectivity index (χ1) is 7.66. The van der Waals surface area contributed by atoms with E-state index in [0.717, 1.165) is 6.42 Å². The normalized spacial score (nSPS) is 26.6. The molecule has 0 saturated carbocycles. The van der Waals surface area contributed by atoms with E-state index in [1.165, 1.54) is 12.1 Å². The summed E-state index contributed by atoms with van der Waals surface area (Å²) >= 11 is 0. The predicted octanol–water partition coefficient (Wildman–Crippen LogP) is 3.13. The summed E-state index contributed by atoms with van der Waals surface area (Å²) in [6.07, 6.45) is 3.56. The highest BCUT2D eigenvalue weighted by Crippen LogP contribution is 2.22. The van der Waals surface area contributed by atoms with Crippen LogP contribution in [0.3, 0.4) is 0 Å². The molecule has 1 aromatic carbocycles. The van der Waals surface area contributed by atoms with Gasteiger partial charge in [0.25, 0.3) is 0 Å². The van der Waals surface area contributed by atoms with Crippen LogP contribution in [0.25, 0.3) is 0 Å². The molecule has 0 radical (unpaired) electrons. The lowest BCUT2D eigenvalue weighted by Gasteiger charge is -2.34. The van der Waals surface area contributed by atoms with Gasteiger partial charge in [0.1, 0.15) is 0 Å². The van der Waals surface area contributed by atoms with E-state index in [9.17, 15) is 0 Å². The van der Waals surface area contributed by atoms with Crippen LogP contribution in [0.5, 0.6) is 0 Å². The van der Waals surface area contributed by atoms with Crippen LogP contribution in [0, 0.1) is 5.92 Å². The maximum Gasteiger partial charge on any atom is 0.0318 e. The molecular weight excluding hydrogens is 194 g/mol. The van der Waals surface area contributed by atoms with Crippen molar-refractivity contribution in [1.29, 1.82) is 0 Å². The second kappa shape index (κ2) is 4.84.